The van der Waals surface area contributed by atoms with Gasteiger partial charge < -0.3 is 19.9 Å². The normalized spacial score (nSPS) is 18.7. The Bertz CT molecular complexity index is 1160. The summed E-state index contributed by atoms with van der Waals surface area (Å²) in [5.74, 6) is -0.164. The van der Waals surface area contributed by atoms with Crippen molar-refractivity contribution in [2.24, 2.45) is 5.92 Å². The van der Waals surface area contributed by atoms with E-state index in [0.717, 1.165) is 31.1 Å². The van der Waals surface area contributed by atoms with Gasteiger partial charge in [-0.2, -0.15) is 0 Å². The van der Waals surface area contributed by atoms with Crippen LogP contribution >= 0.6 is 12.2 Å². The Labute approximate surface area is 229 Å². The molecule has 0 unspecified atom stereocenters. The van der Waals surface area contributed by atoms with E-state index >= 15 is 0 Å². The Morgan fingerprint density at radius 2 is 1.68 bits per heavy atom. The van der Waals surface area contributed by atoms with Crippen LogP contribution in [0.5, 0.6) is 0 Å². The molecule has 4 rings (SSSR count). The van der Waals surface area contributed by atoms with Gasteiger partial charge in [-0.3, -0.25) is 14.5 Å². The predicted molar refractivity (Wildman–Crippen MR) is 152 cm³/mol. The van der Waals surface area contributed by atoms with Crippen LogP contribution in [-0.4, -0.2) is 71.5 Å². The number of nitrogens with zero attached hydrogens (tertiary/aromatic N) is 3. The number of nitrogens with one attached hydrogen (secondary N) is 1. The van der Waals surface area contributed by atoms with E-state index in [1.807, 2.05) is 36.1 Å². The third-order valence-corrected chi connectivity index (χ3v) is 7.62. The standard InChI is InChI=1S/C29H36N4O4S/c1-4-37-28(36)22-7-9-23(10-8-22)30-26(34)19-25-27(35)33(24-11-5-20(2)6-12-24)29(38)32(25)18-17-31-15-13-21(3)14-16-31/h5-12,21,25H,4,13-19H2,1-3H3,(H,30,34)/t25-/m0/s1. The third kappa shape index (κ3) is 6.57. The lowest BCUT2D eigenvalue weighted by Crippen LogP contribution is -2.44. The van der Waals surface area contributed by atoms with Crippen molar-refractivity contribution >= 4 is 46.5 Å². The third-order valence-electron chi connectivity index (χ3n) is 7.20. The average Bonchev–Trinajstić information content (AvgIpc) is 3.13. The molecule has 2 aliphatic heterocycles. The zero-order valence-electron chi connectivity index (χ0n) is 22.3. The van der Waals surface area contributed by atoms with Crippen molar-refractivity contribution in [3.8, 4) is 0 Å². The average molecular weight is 537 g/mol. The van der Waals surface area contributed by atoms with E-state index in [-0.39, 0.29) is 18.2 Å². The monoisotopic (exact) mass is 536 g/mol. The number of amides is 2. The minimum absolute atomic E-state index is 0.0298. The summed E-state index contributed by atoms with van der Waals surface area (Å²) in [5.41, 5.74) is 2.75. The van der Waals surface area contributed by atoms with E-state index in [9.17, 15) is 14.4 Å². The molecule has 0 spiro atoms. The van der Waals surface area contributed by atoms with Gasteiger partial charge in [0.2, 0.25) is 5.91 Å². The second-order valence-corrected chi connectivity index (χ2v) is 10.4. The van der Waals surface area contributed by atoms with Gasteiger partial charge in [0.05, 0.1) is 24.3 Å². The minimum Gasteiger partial charge on any atom is -0.462 e. The summed E-state index contributed by atoms with van der Waals surface area (Å²) in [6, 6.07) is 13.5. The fourth-order valence-electron chi connectivity index (χ4n) is 4.85. The van der Waals surface area contributed by atoms with E-state index in [2.05, 4.69) is 17.1 Å². The fraction of sp³-hybridized carbons (Fsp3) is 0.448. The predicted octanol–water partition coefficient (Wildman–Crippen LogP) is 4.23. The highest BCUT2D eigenvalue weighted by Crippen LogP contribution is 2.28. The molecule has 8 nitrogen and oxygen atoms in total. The number of esters is 1. The zero-order valence-corrected chi connectivity index (χ0v) is 23.1. The molecule has 202 valence electrons. The first-order chi connectivity index (χ1) is 18.3. The van der Waals surface area contributed by atoms with Crippen molar-refractivity contribution in [1.82, 2.24) is 9.80 Å². The summed E-state index contributed by atoms with van der Waals surface area (Å²) >= 11 is 5.80. The molecular weight excluding hydrogens is 500 g/mol. The van der Waals surface area contributed by atoms with Gasteiger partial charge in [0.25, 0.3) is 5.91 Å². The lowest BCUT2D eigenvalue weighted by molar-refractivity contribution is -0.124. The second-order valence-electron chi connectivity index (χ2n) is 10.1. The van der Waals surface area contributed by atoms with Gasteiger partial charge in [0.1, 0.15) is 6.04 Å². The highest BCUT2D eigenvalue weighted by molar-refractivity contribution is 7.80. The molecule has 2 heterocycles. The first kappa shape index (κ1) is 27.7. The largest absolute Gasteiger partial charge is 0.462 e. The smallest absolute Gasteiger partial charge is 0.338 e. The van der Waals surface area contributed by atoms with Crippen LogP contribution in [0.25, 0.3) is 0 Å². The molecule has 2 aliphatic rings. The molecule has 0 bridgehead atoms. The Kier molecular flexibility index (Phi) is 9.12. The number of hydrogen-bond acceptors (Lipinski definition) is 6. The minimum atomic E-state index is -0.689. The molecule has 0 radical (unpaired) electrons. The van der Waals surface area contributed by atoms with Crippen LogP contribution in [0, 0.1) is 12.8 Å². The number of benzene rings is 2. The molecule has 2 aromatic carbocycles. The van der Waals surface area contributed by atoms with E-state index in [0.29, 0.717) is 35.2 Å². The maximum Gasteiger partial charge on any atom is 0.338 e. The van der Waals surface area contributed by atoms with Crippen molar-refractivity contribution in [1.29, 1.82) is 0 Å². The lowest BCUT2D eigenvalue weighted by Gasteiger charge is -2.32. The molecule has 2 aromatic rings. The number of hydrogen-bond donors (Lipinski definition) is 1. The van der Waals surface area contributed by atoms with E-state index in [1.54, 1.807) is 36.1 Å². The highest BCUT2D eigenvalue weighted by Gasteiger charge is 2.44. The number of rotatable bonds is 9. The van der Waals surface area contributed by atoms with Crippen LogP contribution in [0.15, 0.2) is 48.5 Å². The summed E-state index contributed by atoms with van der Waals surface area (Å²) in [4.78, 5) is 44.4. The molecule has 9 heteroatoms. The number of carbonyl (C=O) groups is 3. The van der Waals surface area contributed by atoms with E-state index in [1.165, 1.54) is 12.8 Å². The first-order valence-corrected chi connectivity index (χ1v) is 13.7. The first-order valence-electron chi connectivity index (χ1n) is 13.3. The molecule has 0 aromatic heterocycles. The van der Waals surface area contributed by atoms with E-state index < -0.39 is 12.0 Å². The van der Waals surface area contributed by atoms with Crippen LogP contribution in [0.4, 0.5) is 11.4 Å². The maximum atomic E-state index is 13.6. The number of thiocarbonyl (C=S) groups is 1. The van der Waals surface area contributed by atoms with Crippen LogP contribution in [-0.2, 0) is 14.3 Å². The fourth-order valence-corrected chi connectivity index (χ4v) is 5.26. The number of likely N-dealkylation sites (tertiary alicyclic amines) is 1. The maximum absolute atomic E-state index is 13.6. The molecule has 38 heavy (non-hydrogen) atoms. The van der Waals surface area contributed by atoms with Crippen LogP contribution in [0.2, 0.25) is 0 Å². The van der Waals surface area contributed by atoms with Gasteiger partial charge in [0, 0.05) is 18.8 Å². The Morgan fingerprint density at radius 1 is 1.03 bits per heavy atom. The molecule has 2 amide bonds. The van der Waals surface area contributed by atoms with Gasteiger partial charge >= 0.3 is 5.97 Å². The highest BCUT2D eigenvalue weighted by atomic mass is 32.1. The number of aryl methyl sites for hydroxylation is 1. The Balaban J connectivity index is 1.47. The molecule has 0 aliphatic carbocycles. The van der Waals surface area contributed by atoms with Gasteiger partial charge in [0.15, 0.2) is 5.11 Å². The summed E-state index contributed by atoms with van der Waals surface area (Å²) in [6.45, 7) is 9.74. The summed E-state index contributed by atoms with van der Waals surface area (Å²) in [6.07, 6.45) is 2.30. The molecule has 2 saturated heterocycles. The number of carbonyl (C=O) groups excluding carboxylic acids is 3. The van der Waals surface area contributed by atoms with Crippen LogP contribution < -0.4 is 10.2 Å². The topological polar surface area (TPSA) is 82.2 Å². The van der Waals surface area contributed by atoms with Crippen molar-refractivity contribution in [3.05, 3.63) is 59.7 Å². The summed E-state index contributed by atoms with van der Waals surface area (Å²) in [5, 5.41) is 3.28. The molecular formula is C29H36N4O4S. The molecule has 0 saturated carbocycles. The lowest BCUT2D eigenvalue weighted by atomic mass is 9.99. The second kappa shape index (κ2) is 12.5. The van der Waals surface area contributed by atoms with Crippen molar-refractivity contribution in [2.75, 3.05) is 43.0 Å². The zero-order chi connectivity index (χ0) is 27.2. The van der Waals surface area contributed by atoms with E-state index in [4.69, 9.17) is 17.0 Å². The molecule has 1 atom stereocenters. The summed E-state index contributed by atoms with van der Waals surface area (Å²) in [7, 11) is 0. The molecule has 1 N–H and O–H groups in total. The van der Waals surface area contributed by atoms with Gasteiger partial charge in [-0.15, -0.1) is 0 Å². The SMILES string of the molecule is CCOC(=O)c1ccc(NC(=O)C[C@H]2C(=O)N(c3ccc(C)cc3)C(=S)N2CCN2CCC(C)CC2)cc1. The number of ether oxygens (including phenoxy) is 1. The number of piperidine rings is 1. The van der Waals surface area contributed by atoms with Crippen LogP contribution in [0.1, 0.15) is 49.0 Å². The Morgan fingerprint density at radius 3 is 2.32 bits per heavy atom. The van der Waals surface area contributed by atoms with Gasteiger partial charge in [-0.25, -0.2) is 4.79 Å². The van der Waals surface area contributed by atoms with Gasteiger partial charge in [-0.05, 0) is 94.3 Å². The van der Waals surface area contributed by atoms with Crippen molar-refractivity contribution in [2.45, 2.75) is 46.1 Å². The quantitative estimate of drug-likeness (QED) is 0.379. The molecule has 2 fully saturated rings. The van der Waals surface area contributed by atoms with Crippen LogP contribution in [0.3, 0.4) is 0 Å². The van der Waals surface area contributed by atoms with Gasteiger partial charge in [-0.1, -0.05) is 24.6 Å². The summed E-state index contributed by atoms with van der Waals surface area (Å²) < 4.78 is 5.01. The number of anilines is 2. The Hall–Kier alpha value is -3.30. The van der Waals surface area contributed by atoms with Crippen molar-refractivity contribution in [3.63, 3.8) is 0 Å². The van der Waals surface area contributed by atoms with Crippen molar-refractivity contribution < 1.29 is 19.1 Å².